The van der Waals surface area contributed by atoms with Crippen LogP contribution in [0.3, 0.4) is 0 Å². The zero-order valence-electron chi connectivity index (χ0n) is 11.5. The molecular weight excluding hydrogens is 252 g/mol. The molecular formula is C16H20N2O2. The number of hydrogen-bond acceptors (Lipinski definition) is 2. The number of hydrogen-bond donors (Lipinski definition) is 2. The van der Waals surface area contributed by atoms with Crippen molar-refractivity contribution >= 4 is 16.8 Å². The van der Waals surface area contributed by atoms with Gasteiger partial charge < -0.3 is 15.0 Å². The third-order valence-corrected chi connectivity index (χ3v) is 3.84. The van der Waals surface area contributed by atoms with E-state index in [2.05, 4.69) is 22.4 Å². The summed E-state index contributed by atoms with van der Waals surface area (Å²) in [6.45, 7) is 1.36. The Kier molecular flexibility index (Phi) is 4.02. The van der Waals surface area contributed by atoms with Crippen molar-refractivity contribution in [1.29, 1.82) is 0 Å². The summed E-state index contributed by atoms with van der Waals surface area (Å²) in [6.07, 6.45) is 5.61. The fraction of sp³-hybridized carbons (Fsp3) is 0.438. The van der Waals surface area contributed by atoms with E-state index in [1.807, 2.05) is 18.3 Å². The predicted octanol–water partition coefficient (Wildman–Crippen LogP) is 2.40. The highest BCUT2D eigenvalue weighted by molar-refractivity contribution is 5.83. The summed E-state index contributed by atoms with van der Waals surface area (Å²) in [5.41, 5.74) is 2.38. The summed E-state index contributed by atoms with van der Waals surface area (Å²) in [4.78, 5) is 15.2. The average Bonchev–Trinajstić information content (AvgIpc) is 2.92. The largest absolute Gasteiger partial charge is 0.368 e. The van der Waals surface area contributed by atoms with Crippen LogP contribution in [0.2, 0.25) is 0 Å². The summed E-state index contributed by atoms with van der Waals surface area (Å²) in [7, 11) is 0. The third-order valence-electron chi connectivity index (χ3n) is 3.84. The standard InChI is InChI=1S/C16H20N2O2/c19-16(15-7-3-4-10-20-15)17-9-8-12-11-18-14-6-2-1-5-13(12)14/h1-2,5-6,11,15,18H,3-4,7-10H2,(H,17,19)/t15-/m0/s1. The van der Waals surface area contributed by atoms with Gasteiger partial charge in [0.2, 0.25) is 5.91 Å². The van der Waals surface area contributed by atoms with E-state index in [-0.39, 0.29) is 12.0 Å². The summed E-state index contributed by atoms with van der Waals surface area (Å²) in [5.74, 6) is 0.0320. The first-order chi connectivity index (χ1) is 9.84. The molecule has 0 saturated carbocycles. The molecule has 1 atom stereocenters. The van der Waals surface area contributed by atoms with E-state index in [0.29, 0.717) is 13.2 Å². The van der Waals surface area contributed by atoms with Crippen LogP contribution in [0.15, 0.2) is 30.5 Å². The SMILES string of the molecule is O=C(NCCc1c[nH]c2ccccc12)[C@@H]1CCCCO1. The Hall–Kier alpha value is -1.81. The van der Waals surface area contributed by atoms with Gasteiger partial charge in [-0.25, -0.2) is 0 Å². The van der Waals surface area contributed by atoms with Crippen LogP contribution < -0.4 is 5.32 Å². The van der Waals surface area contributed by atoms with E-state index in [9.17, 15) is 4.79 Å². The number of aromatic amines is 1. The zero-order valence-corrected chi connectivity index (χ0v) is 11.5. The molecule has 1 aromatic heterocycles. The first kappa shape index (κ1) is 13.2. The fourth-order valence-corrected chi connectivity index (χ4v) is 2.72. The number of rotatable bonds is 4. The Bertz CT molecular complexity index is 585. The van der Waals surface area contributed by atoms with Gasteiger partial charge in [-0.15, -0.1) is 0 Å². The molecule has 1 saturated heterocycles. The Morgan fingerprint density at radius 2 is 2.25 bits per heavy atom. The maximum atomic E-state index is 11.9. The minimum absolute atomic E-state index is 0.0320. The van der Waals surface area contributed by atoms with Crippen molar-refractivity contribution in [3.8, 4) is 0 Å². The van der Waals surface area contributed by atoms with E-state index in [1.54, 1.807) is 0 Å². The van der Waals surface area contributed by atoms with Gasteiger partial charge in [0.1, 0.15) is 6.10 Å². The van der Waals surface area contributed by atoms with E-state index < -0.39 is 0 Å². The number of nitrogens with one attached hydrogen (secondary N) is 2. The second-order valence-electron chi connectivity index (χ2n) is 5.26. The van der Waals surface area contributed by atoms with Gasteiger partial charge >= 0.3 is 0 Å². The molecule has 0 unspecified atom stereocenters. The van der Waals surface area contributed by atoms with Crippen molar-refractivity contribution in [3.63, 3.8) is 0 Å². The van der Waals surface area contributed by atoms with Crippen molar-refractivity contribution in [2.75, 3.05) is 13.2 Å². The van der Waals surface area contributed by atoms with Gasteiger partial charge in [-0.2, -0.15) is 0 Å². The lowest BCUT2D eigenvalue weighted by atomic mass is 10.1. The van der Waals surface area contributed by atoms with Crippen LogP contribution >= 0.6 is 0 Å². The van der Waals surface area contributed by atoms with Gasteiger partial charge in [-0.05, 0) is 37.3 Å². The number of H-pyrrole nitrogens is 1. The Labute approximate surface area is 118 Å². The highest BCUT2D eigenvalue weighted by atomic mass is 16.5. The van der Waals surface area contributed by atoms with Crippen molar-refractivity contribution in [3.05, 3.63) is 36.0 Å². The summed E-state index contributed by atoms with van der Waals surface area (Å²) < 4.78 is 5.48. The summed E-state index contributed by atoms with van der Waals surface area (Å²) >= 11 is 0. The molecule has 1 aromatic carbocycles. The Morgan fingerprint density at radius 1 is 1.35 bits per heavy atom. The van der Waals surface area contributed by atoms with Gasteiger partial charge in [0, 0.05) is 30.3 Å². The van der Waals surface area contributed by atoms with Gasteiger partial charge in [-0.1, -0.05) is 18.2 Å². The van der Waals surface area contributed by atoms with E-state index >= 15 is 0 Å². The summed E-state index contributed by atoms with van der Waals surface area (Å²) in [5, 5.41) is 4.21. The lowest BCUT2D eigenvalue weighted by molar-refractivity contribution is -0.135. The molecule has 4 nitrogen and oxygen atoms in total. The first-order valence-electron chi connectivity index (χ1n) is 7.29. The third kappa shape index (κ3) is 2.85. The molecule has 1 aliphatic rings. The molecule has 20 heavy (non-hydrogen) atoms. The molecule has 2 heterocycles. The molecule has 2 aromatic rings. The quantitative estimate of drug-likeness (QED) is 0.898. The molecule has 106 valence electrons. The monoisotopic (exact) mass is 272 g/mol. The summed E-state index contributed by atoms with van der Waals surface area (Å²) in [6, 6.07) is 8.22. The van der Waals surface area contributed by atoms with Gasteiger partial charge in [0.15, 0.2) is 0 Å². The first-order valence-corrected chi connectivity index (χ1v) is 7.29. The second-order valence-corrected chi connectivity index (χ2v) is 5.26. The number of benzene rings is 1. The van der Waals surface area contributed by atoms with Crippen LogP contribution in [-0.4, -0.2) is 30.1 Å². The van der Waals surface area contributed by atoms with Crippen LogP contribution in [0.1, 0.15) is 24.8 Å². The van der Waals surface area contributed by atoms with E-state index in [0.717, 1.165) is 31.2 Å². The molecule has 1 amide bonds. The van der Waals surface area contributed by atoms with Gasteiger partial charge in [-0.3, -0.25) is 4.79 Å². The number of carbonyl (C=O) groups is 1. The number of aromatic nitrogens is 1. The molecule has 1 aliphatic heterocycles. The smallest absolute Gasteiger partial charge is 0.249 e. The van der Waals surface area contributed by atoms with Crippen LogP contribution in [0.5, 0.6) is 0 Å². The highest BCUT2D eigenvalue weighted by Crippen LogP contribution is 2.18. The lowest BCUT2D eigenvalue weighted by Crippen LogP contribution is -2.39. The maximum Gasteiger partial charge on any atom is 0.249 e. The molecule has 4 heteroatoms. The molecule has 2 N–H and O–H groups in total. The van der Waals surface area contributed by atoms with Crippen LogP contribution in [-0.2, 0) is 16.0 Å². The normalized spacial score (nSPS) is 19.1. The number of para-hydroxylation sites is 1. The predicted molar refractivity (Wildman–Crippen MR) is 78.6 cm³/mol. The van der Waals surface area contributed by atoms with Gasteiger partial charge in [0.25, 0.3) is 0 Å². The van der Waals surface area contributed by atoms with E-state index in [1.165, 1.54) is 10.9 Å². The molecule has 3 rings (SSSR count). The zero-order chi connectivity index (χ0) is 13.8. The molecule has 1 fully saturated rings. The molecule has 0 spiro atoms. The van der Waals surface area contributed by atoms with Gasteiger partial charge in [0.05, 0.1) is 0 Å². The van der Waals surface area contributed by atoms with Crippen molar-refractivity contribution in [2.24, 2.45) is 0 Å². The lowest BCUT2D eigenvalue weighted by Gasteiger charge is -2.21. The minimum atomic E-state index is -0.244. The van der Waals surface area contributed by atoms with Crippen LogP contribution in [0.4, 0.5) is 0 Å². The molecule has 0 bridgehead atoms. The van der Waals surface area contributed by atoms with Crippen LogP contribution in [0.25, 0.3) is 10.9 Å². The topological polar surface area (TPSA) is 54.1 Å². The number of ether oxygens (including phenoxy) is 1. The Balaban J connectivity index is 1.53. The number of amides is 1. The average molecular weight is 272 g/mol. The highest BCUT2D eigenvalue weighted by Gasteiger charge is 2.21. The maximum absolute atomic E-state index is 11.9. The van der Waals surface area contributed by atoms with Crippen LogP contribution in [0, 0.1) is 0 Å². The van der Waals surface area contributed by atoms with Crippen molar-refractivity contribution < 1.29 is 9.53 Å². The fourth-order valence-electron chi connectivity index (χ4n) is 2.72. The van der Waals surface area contributed by atoms with Crippen molar-refractivity contribution in [2.45, 2.75) is 31.8 Å². The van der Waals surface area contributed by atoms with Crippen molar-refractivity contribution in [1.82, 2.24) is 10.3 Å². The second kappa shape index (κ2) is 6.09. The Morgan fingerprint density at radius 3 is 3.10 bits per heavy atom. The molecule has 0 radical (unpaired) electrons. The molecule has 0 aliphatic carbocycles. The van der Waals surface area contributed by atoms with E-state index in [4.69, 9.17) is 4.74 Å². The minimum Gasteiger partial charge on any atom is -0.368 e. The number of fused-ring (bicyclic) bond motifs is 1. The number of carbonyl (C=O) groups excluding carboxylic acids is 1.